The van der Waals surface area contributed by atoms with Crippen LogP contribution in [0.25, 0.3) is 44.8 Å². The number of aryl methyl sites for hydroxylation is 1. The zero-order valence-corrected chi connectivity index (χ0v) is 16.7. The fourth-order valence-corrected chi connectivity index (χ4v) is 4.44. The van der Waals surface area contributed by atoms with Gasteiger partial charge in [0.05, 0.1) is 24.0 Å². The number of fused-ring (bicyclic) bond motifs is 6. The molecule has 0 bridgehead atoms. The van der Waals surface area contributed by atoms with Crippen molar-refractivity contribution in [2.75, 3.05) is 0 Å². The SMILES string of the molecule is CC[n+]1cc(-c2ccccc2)n2c3ccccc3n3c(-c4ccccc4)cnc3c21. The Morgan fingerprint density at radius 2 is 1.27 bits per heavy atom. The van der Waals surface area contributed by atoms with Crippen molar-refractivity contribution >= 4 is 22.3 Å². The smallest absolute Gasteiger partial charge is 0.282 e. The van der Waals surface area contributed by atoms with Crippen molar-refractivity contribution in [2.24, 2.45) is 0 Å². The van der Waals surface area contributed by atoms with Crippen molar-refractivity contribution in [3.05, 3.63) is 97.3 Å². The Labute approximate surface area is 174 Å². The van der Waals surface area contributed by atoms with Crippen molar-refractivity contribution < 1.29 is 4.57 Å². The van der Waals surface area contributed by atoms with Crippen molar-refractivity contribution in [3.8, 4) is 22.5 Å². The molecule has 0 aliphatic carbocycles. The highest BCUT2D eigenvalue weighted by atomic mass is 15.2. The van der Waals surface area contributed by atoms with Crippen LogP contribution < -0.4 is 4.57 Å². The van der Waals surface area contributed by atoms with Gasteiger partial charge in [-0.2, -0.15) is 4.40 Å². The predicted octanol–water partition coefficient (Wildman–Crippen LogP) is 5.38. The molecule has 3 heterocycles. The summed E-state index contributed by atoms with van der Waals surface area (Å²) in [4.78, 5) is 4.91. The van der Waals surface area contributed by atoms with E-state index >= 15 is 0 Å². The molecule has 0 saturated heterocycles. The number of para-hydroxylation sites is 2. The van der Waals surface area contributed by atoms with E-state index < -0.39 is 0 Å². The lowest BCUT2D eigenvalue weighted by Gasteiger charge is -2.07. The standard InChI is InChI=1S/C26H21N4/c1-2-28-18-24(20-13-7-4-8-14-20)30-22-16-10-9-15-21(22)29-23(17-27-25(29)26(28)30)19-11-5-3-6-12-19/h3-18H,2H2,1H3/q+1. The van der Waals surface area contributed by atoms with Crippen LogP contribution in [-0.2, 0) is 6.54 Å². The summed E-state index contributed by atoms with van der Waals surface area (Å²) in [6.07, 6.45) is 4.24. The minimum atomic E-state index is 0.873. The summed E-state index contributed by atoms with van der Waals surface area (Å²) in [6, 6.07) is 29.7. The van der Waals surface area contributed by atoms with Crippen LogP contribution in [0.1, 0.15) is 6.92 Å². The molecule has 0 fully saturated rings. The number of hydrogen-bond donors (Lipinski definition) is 0. The third-order valence-electron chi connectivity index (χ3n) is 5.81. The Morgan fingerprint density at radius 3 is 1.90 bits per heavy atom. The van der Waals surface area contributed by atoms with Crippen molar-refractivity contribution in [3.63, 3.8) is 0 Å². The monoisotopic (exact) mass is 389 g/mol. The largest absolute Gasteiger partial charge is 0.331 e. The lowest BCUT2D eigenvalue weighted by molar-refractivity contribution is -0.666. The fraction of sp³-hybridized carbons (Fsp3) is 0.0769. The maximum atomic E-state index is 4.91. The highest BCUT2D eigenvalue weighted by molar-refractivity contribution is 5.89. The summed E-state index contributed by atoms with van der Waals surface area (Å²) in [7, 11) is 0. The molecule has 0 unspecified atom stereocenters. The number of aromatic nitrogens is 4. The summed E-state index contributed by atoms with van der Waals surface area (Å²) in [5.74, 6) is 0. The third-order valence-corrected chi connectivity index (χ3v) is 5.81. The van der Waals surface area contributed by atoms with Gasteiger partial charge in [-0.3, -0.25) is 4.40 Å². The van der Waals surface area contributed by atoms with E-state index in [1.807, 2.05) is 12.3 Å². The number of benzene rings is 3. The maximum absolute atomic E-state index is 4.91. The fourth-order valence-electron chi connectivity index (χ4n) is 4.44. The van der Waals surface area contributed by atoms with E-state index in [-0.39, 0.29) is 0 Å². The molecule has 4 nitrogen and oxygen atoms in total. The van der Waals surface area contributed by atoms with E-state index in [0.29, 0.717) is 0 Å². The van der Waals surface area contributed by atoms with E-state index in [0.717, 1.165) is 34.6 Å². The molecule has 3 aromatic carbocycles. The van der Waals surface area contributed by atoms with Crippen LogP contribution in [0.4, 0.5) is 0 Å². The molecule has 3 aromatic heterocycles. The molecule has 6 rings (SSSR count). The molecule has 0 atom stereocenters. The molecule has 0 aliphatic rings. The molecule has 144 valence electrons. The summed E-state index contributed by atoms with van der Waals surface area (Å²) in [6.45, 7) is 3.05. The predicted molar refractivity (Wildman–Crippen MR) is 120 cm³/mol. The zero-order valence-electron chi connectivity index (χ0n) is 16.7. The second-order valence-corrected chi connectivity index (χ2v) is 7.48. The Kier molecular flexibility index (Phi) is 3.71. The van der Waals surface area contributed by atoms with Crippen LogP contribution in [0.2, 0.25) is 0 Å². The first-order valence-electron chi connectivity index (χ1n) is 10.3. The van der Waals surface area contributed by atoms with E-state index in [2.05, 4.69) is 105 Å². The lowest BCUT2D eigenvalue weighted by atomic mass is 10.1. The second kappa shape index (κ2) is 6.56. The topological polar surface area (TPSA) is 25.6 Å². The van der Waals surface area contributed by atoms with E-state index in [1.165, 1.54) is 16.8 Å². The van der Waals surface area contributed by atoms with Gasteiger partial charge in [0.1, 0.15) is 6.20 Å². The number of rotatable bonds is 3. The van der Waals surface area contributed by atoms with Gasteiger partial charge in [0.15, 0.2) is 11.2 Å². The molecular formula is C26H21N4+. The molecule has 4 heteroatoms. The van der Waals surface area contributed by atoms with Gasteiger partial charge < -0.3 is 0 Å². The van der Waals surface area contributed by atoms with E-state index in [1.54, 1.807) is 0 Å². The summed E-state index contributed by atoms with van der Waals surface area (Å²) >= 11 is 0. The Bertz CT molecular complexity index is 1510. The number of imidazole rings is 2. The third kappa shape index (κ3) is 2.34. The minimum absolute atomic E-state index is 0.873. The van der Waals surface area contributed by atoms with Crippen LogP contribution in [0.5, 0.6) is 0 Å². The van der Waals surface area contributed by atoms with Crippen LogP contribution in [-0.4, -0.2) is 13.8 Å². The van der Waals surface area contributed by atoms with Crippen LogP contribution in [0.3, 0.4) is 0 Å². The van der Waals surface area contributed by atoms with Crippen LogP contribution >= 0.6 is 0 Å². The van der Waals surface area contributed by atoms with Crippen molar-refractivity contribution in [1.29, 1.82) is 0 Å². The molecule has 0 N–H and O–H groups in total. The lowest BCUT2D eigenvalue weighted by Crippen LogP contribution is -2.31. The molecule has 30 heavy (non-hydrogen) atoms. The Hall–Kier alpha value is -3.92. The normalized spacial score (nSPS) is 11.6. The van der Waals surface area contributed by atoms with Crippen molar-refractivity contribution in [2.45, 2.75) is 13.5 Å². The first kappa shape index (κ1) is 17.0. The van der Waals surface area contributed by atoms with Gasteiger partial charge in [-0.1, -0.05) is 72.8 Å². The molecule has 0 aliphatic heterocycles. The molecule has 6 aromatic rings. The van der Waals surface area contributed by atoms with Gasteiger partial charge in [0.2, 0.25) is 5.65 Å². The molecule has 0 spiro atoms. The molecule has 0 amide bonds. The van der Waals surface area contributed by atoms with Gasteiger partial charge in [0, 0.05) is 11.1 Å². The summed E-state index contributed by atoms with van der Waals surface area (Å²) in [5, 5.41) is 0. The average molecular weight is 389 g/mol. The van der Waals surface area contributed by atoms with Crippen LogP contribution in [0, 0.1) is 0 Å². The maximum Gasteiger partial charge on any atom is 0.331 e. The Balaban J connectivity index is 1.84. The van der Waals surface area contributed by atoms with E-state index in [4.69, 9.17) is 4.98 Å². The highest BCUT2D eigenvalue weighted by Gasteiger charge is 2.26. The average Bonchev–Trinajstić information content (AvgIpc) is 3.43. The first-order valence-corrected chi connectivity index (χ1v) is 10.3. The molecular weight excluding hydrogens is 368 g/mol. The Morgan fingerprint density at radius 1 is 0.700 bits per heavy atom. The highest BCUT2D eigenvalue weighted by Crippen LogP contribution is 2.31. The minimum Gasteiger partial charge on any atom is -0.282 e. The number of hydrogen-bond acceptors (Lipinski definition) is 1. The molecule has 0 radical (unpaired) electrons. The quantitative estimate of drug-likeness (QED) is 0.373. The van der Waals surface area contributed by atoms with Gasteiger partial charge in [-0.15, -0.1) is 0 Å². The van der Waals surface area contributed by atoms with Gasteiger partial charge in [0.25, 0.3) is 0 Å². The van der Waals surface area contributed by atoms with Crippen LogP contribution in [0.15, 0.2) is 97.3 Å². The van der Waals surface area contributed by atoms with Crippen molar-refractivity contribution in [1.82, 2.24) is 13.8 Å². The summed E-state index contributed by atoms with van der Waals surface area (Å²) in [5.41, 5.74) is 9.04. The van der Waals surface area contributed by atoms with Gasteiger partial charge >= 0.3 is 5.65 Å². The number of nitrogens with zero attached hydrogens (tertiary/aromatic N) is 4. The van der Waals surface area contributed by atoms with Gasteiger partial charge in [-0.25, -0.2) is 9.55 Å². The second-order valence-electron chi connectivity index (χ2n) is 7.48. The summed E-state index contributed by atoms with van der Waals surface area (Å²) < 4.78 is 6.94. The first-order chi connectivity index (χ1) is 14.9. The molecule has 0 saturated carbocycles. The van der Waals surface area contributed by atoms with E-state index in [9.17, 15) is 0 Å². The zero-order chi connectivity index (χ0) is 20.1. The van der Waals surface area contributed by atoms with Gasteiger partial charge in [-0.05, 0) is 19.1 Å².